The third-order valence-corrected chi connectivity index (χ3v) is 3.86. The predicted octanol–water partition coefficient (Wildman–Crippen LogP) is 2.63. The number of hydrogen-bond donors (Lipinski definition) is 0. The Kier molecular flexibility index (Phi) is 3.36. The minimum atomic E-state index is -1.47. The standard InChI is InChI=1S/C13H11Cl2NO4/c1-18-12(17)13-10(2-3-19-13)11(16-20-13)7-4-8(14)6-9(15)5-7/h4-6,10H,2-3H2,1H3/t10-,13?/m0/s1. The number of hydrogen-bond acceptors (Lipinski definition) is 5. The average Bonchev–Trinajstić information content (AvgIpc) is 2.95. The van der Waals surface area contributed by atoms with Gasteiger partial charge in [0.15, 0.2) is 0 Å². The SMILES string of the molecule is COC(=O)C12OCC[C@H]1C(c1cc(Cl)cc(Cl)c1)=NO2. The average molecular weight is 316 g/mol. The first-order valence-electron chi connectivity index (χ1n) is 6.02. The van der Waals surface area contributed by atoms with E-state index in [0.717, 1.165) is 0 Å². The molecule has 0 bridgehead atoms. The summed E-state index contributed by atoms with van der Waals surface area (Å²) in [6.07, 6.45) is 0.609. The second kappa shape index (κ2) is 4.91. The van der Waals surface area contributed by atoms with E-state index in [4.69, 9.17) is 37.5 Å². The number of methoxy groups -OCH3 is 1. The van der Waals surface area contributed by atoms with Gasteiger partial charge in [-0.2, -0.15) is 0 Å². The monoisotopic (exact) mass is 315 g/mol. The highest BCUT2D eigenvalue weighted by molar-refractivity contribution is 6.35. The second-order valence-corrected chi connectivity index (χ2v) is 5.45. The molecule has 1 saturated heterocycles. The van der Waals surface area contributed by atoms with Crippen LogP contribution >= 0.6 is 23.2 Å². The third-order valence-electron chi connectivity index (χ3n) is 3.42. The summed E-state index contributed by atoms with van der Waals surface area (Å²) in [6, 6.07) is 5.07. The highest BCUT2D eigenvalue weighted by Crippen LogP contribution is 2.42. The smallest absolute Gasteiger partial charge is 0.382 e. The molecule has 0 saturated carbocycles. The zero-order valence-corrected chi connectivity index (χ0v) is 12.1. The highest BCUT2D eigenvalue weighted by atomic mass is 35.5. The molecule has 0 aliphatic carbocycles. The Hall–Kier alpha value is -1.30. The molecule has 0 N–H and O–H groups in total. The van der Waals surface area contributed by atoms with Gasteiger partial charge in [0.25, 0.3) is 0 Å². The molecule has 1 unspecified atom stereocenters. The molecular formula is C13H11Cl2NO4. The lowest BCUT2D eigenvalue weighted by molar-refractivity contribution is -0.228. The van der Waals surface area contributed by atoms with Crippen LogP contribution in [-0.2, 0) is 19.1 Å². The molecule has 2 heterocycles. The minimum absolute atomic E-state index is 0.329. The number of carbonyl (C=O) groups excluding carboxylic acids is 1. The van der Waals surface area contributed by atoms with Crippen molar-refractivity contribution in [3.63, 3.8) is 0 Å². The van der Waals surface area contributed by atoms with Crippen LogP contribution in [0.15, 0.2) is 23.4 Å². The van der Waals surface area contributed by atoms with Crippen LogP contribution < -0.4 is 0 Å². The van der Waals surface area contributed by atoms with Crippen LogP contribution in [-0.4, -0.2) is 31.2 Å². The van der Waals surface area contributed by atoms with E-state index in [1.807, 2.05) is 0 Å². The van der Waals surface area contributed by atoms with E-state index in [9.17, 15) is 4.79 Å². The largest absolute Gasteiger partial charge is 0.464 e. The van der Waals surface area contributed by atoms with Crippen molar-refractivity contribution in [1.82, 2.24) is 0 Å². The van der Waals surface area contributed by atoms with Crippen molar-refractivity contribution in [3.8, 4) is 0 Å². The Morgan fingerprint density at radius 3 is 2.75 bits per heavy atom. The molecule has 106 valence electrons. The van der Waals surface area contributed by atoms with Gasteiger partial charge in [0, 0.05) is 15.6 Å². The number of carbonyl (C=O) groups is 1. The summed E-state index contributed by atoms with van der Waals surface area (Å²) in [5.41, 5.74) is 1.31. The minimum Gasteiger partial charge on any atom is -0.464 e. The van der Waals surface area contributed by atoms with E-state index in [-0.39, 0.29) is 5.92 Å². The lowest BCUT2D eigenvalue weighted by Gasteiger charge is -2.22. The molecule has 1 aromatic rings. The maximum Gasteiger partial charge on any atom is 0.382 e. The maximum atomic E-state index is 11.9. The molecule has 1 fully saturated rings. The Morgan fingerprint density at radius 2 is 2.10 bits per heavy atom. The fraction of sp³-hybridized carbons (Fsp3) is 0.385. The lowest BCUT2D eigenvalue weighted by atomic mass is 9.89. The highest BCUT2D eigenvalue weighted by Gasteiger charge is 2.61. The van der Waals surface area contributed by atoms with E-state index < -0.39 is 11.8 Å². The van der Waals surface area contributed by atoms with Crippen LogP contribution in [0.5, 0.6) is 0 Å². The Balaban J connectivity index is 1.99. The number of fused-ring (bicyclic) bond motifs is 1. The molecular weight excluding hydrogens is 305 g/mol. The first kappa shape index (κ1) is 13.7. The molecule has 2 atom stereocenters. The predicted molar refractivity (Wildman–Crippen MR) is 72.9 cm³/mol. The van der Waals surface area contributed by atoms with E-state index in [0.29, 0.717) is 34.3 Å². The van der Waals surface area contributed by atoms with Gasteiger partial charge in [0.05, 0.1) is 25.3 Å². The van der Waals surface area contributed by atoms with Crippen molar-refractivity contribution in [1.29, 1.82) is 0 Å². The van der Waals surface area contributed by atoms with Crippen LogP contribution in [0, 0.1) is 5.92 Å². The molecule has 2 aliphatic rings. The molecule has 0 aromatic heterocycles. The summed E-state index contributed by atoms with van der Waals surface area (Å²) < 4.78 is 10.2. The molecule has 1 aromatic carbocycles. The molecule has 2 aliphatic heterocycles. The van der Waals surface area contributed by atoms with E-state index in [2.05, 4.69) is 5.16 Å². The van der Waals surface area contributed by atoms with Crippen molar-refractivity contribution >= 4 is 34.9 Å². The number of ether oxygens (including phenoxy) is 2. The molecule has 0 spiro atoms. The third kappa shape index (κ3) is 1.97. The first-order valence-corrected chi connectivity index (χ1v) is 6.77. The van der Waals surface area contributed by atoms with Gasteiger partial charge in [0.1, 0.15) is 0 Å². The Morgan fingerprint density at radius 1 is 1.40 bits per heavy atom. The summed E-state index contributed by atoms with van der Waals surface area (Å²) in [5.74, 6) is -2.39. The van der Waals surface area contributed by atoms with Crippen LogP contribution in [0.3, 0.4) is 0 Å². The number of halogens is 2. The van der Waals surface area contributed by atoms with Gasteiger partial charge in [0.2, 0.25) is 0 Å². The van der Waals surface area contributed by atoms with Crippen molar-refractivity contribution in [2.45, 2.75) is 12.2 Å². The number of rotatable bonds is 2. The topological polar surface area (TPSA) is 57.1 Å². The van der Waals surface area contributed by atoms with Gasteiger partial charge in [-0.1, -0.05) is 28.4 Å². The van der Waals surface area contributed by atoms with Gasteiger partial charge in [-0.05, 0) is 24.6 Å². The Bertz CT molecular complexity index is 584. The van der Waals surface area contributed by atoms with Crippen molar-refractivity contribution < 1.29 is 19.1 Å². The number of benzene rings is 1. The summed E-state index contributed by atoms with van der Waals surface area (Å²) in [7, 11) is 1.29. The first-order chi connectivity index (χ1) is 9.56. The molecule has 7 heteroatoms. The van der Waals surface area contributed by atoms with E-state index in [1.54, 1.807) is 18.2 Å². The summed E-state index contributed by atoms with van der Waals surface area (Å²) >= 11 is 12.0. The molecule has 0 amide bonds. The summed E-state index contributed by atoms with van der Waals surface area (Å²) in [4.78, 5) is 17.2. The van der Waals surface area contributed by atoms with Crippen LogP contribution in [0.2, 0.25) is 10.0 Å². The van der Waals surface area contributed by atoms with E-state index >= 15 is 0 Å². The lowest BCUT2D eigenvalue weighted by Crippen LogP contribution is -2.45. The van der Waals surface area contributed by atoms with Gasteiger partial charge in [-0.3, -0.25) is 0 Å². The van der Waals surface area contributed by atoms with Gasteiger partial charge in [-0.25, -0.2) is 4.79 Å². The summed E-state index contributed by atoms with van der Waals surface area (Å²) in [5, 5.41) is 4.97. The normalized spacial score (nSPS) is 27.8. The molecule has 0 radical (unpaired) electrons. The second-order valence-electron chi connectivity index (χ2n) is 4.57. The fourth-order valence-electron chi connectivity index (χ4n) is 2.54. The van der Waals surface area contributed by atoms with Crippen molar-refractivity contribution in [3.05, 3.63) is 33.8 Å². The van der Waals surface area contributed by atoms with Crippen LogP contribution in [0.25, 0.3) is 0 Å². The molecule has 5 nitrogen and oxygen atoms in total. The van der Waals surface area contributed by atoms with Crippen molar-refractivity contribution in [2.24, 2.45) is 11.1 Å². The zero-order valence-electron chi connectivity index (χ0n) is 10.6. The van der Waals surface area contributed by atoms with Crippen LogP contribution in [0.4, 0.5) is 0 Å². The fourth-order valence-corrected chi connectivity index (χ4v) is 3.07. The van der Waals surface area contributed by atoms with Gasteiger partial charge < -0.3 is 14.3 Å². The number of esters is 1. The maximum absolute atomic E-state index is 11.9. The quantitative estimate of drug-likeness (QED) is 0.787. The molecule has 20 heavy (non-hydrogen) atoms. The number of oxime groups is 1. The van der Waals surface area contributed by atoms with Gasteiger partial charge >= 0.3 is 11.8 Å². The zero-order chi connectivity index (χ0) is 14.3. The van der Waals surface area contributed by atoms with Crippen LogP contribution in [0.1, 0.15) is 12.0 Å². The number of nitrogens with zero attached hydrogens (tertiary/aromatic N) is 1. The molecule has 3 rings (SSSR count). The Labute approximate surface area is 125 Å². The van der Waals surface area contributed by atoms with Gasteiger partial charge in [-0.15, -0.1) is 0 Å². The van der Waals surface area contributed by atoms with Crippen molar-refractivity contribution in [2.75, 3.05) is 13.7 Å². The summed E-state index contributed by atoms with van der Waals surface area (Å²) in [6.45, 7) is 0.396. The van der Waals surface area contributed by atoms with E-state index in [1.165, 1.54) is 7.11 Å².